The SMILES string of the molecule is CN(C)C[C@@H]1[C@H](c2ccc(C#Cc3ccccc3)cc2)[C@@H]2CN(C(=O)Nc3ccc(OC4CC4)cc3)C[C@H](O)[C@H](O)CN12.Cc1ccc(NC(=O)N2C[C@@H](O)[C@@H](O)CN3C[C@H](c4ccc(C#Cc5ccccc5)cc4)[C@@H]3C2)cc1.Cc1ccc(NC(=O)N2C[C@H](O)[C@H](O)CN3C[C@H](c4ccc(C#Cc5ccccc5)cc4)[C@@H]3C2)cc1. The molecule has 0 bridgehead atoms. The molecule has 6 amide bonds. The third-order valence-corrected chi connectivity index (χ3v) is 22.7. The van der Waals surface area contributed by atoms with E-state index in [0.29, 0.717) is 62.4 Å². The number of nitrogens with one attached hydrogen (secondary N) is 3. The Labute approximate surface area is 674 Å². The second kappa shape index (κ2) is 37.4. The summed E-state index contributed by atoms with van der Waals surface area (Å²) in [6.07, 6.45) is -3.31. The van der Waals surface area contributed by atoms with Gasteiger partial charge in [0, 0.05) is 151 Å². The maximum atomic E-state index is 13.5. The average Bonchev–Trinajstić information content (AvgIpc) is 1.64. The van der Waals surface area contributed by atoms with E-state index in [4.69, 9.17) is 4.74 Å². The van der Waals surface area contributed by atoms with Crippen LogP contribution in [0.15, 0.2) is 237 Å². The molecule has 9 aromatic rings. The van der Waals surface area contributed by atoms with Gasteiger partial charge >= 0.3 is 18.1 Å². The van der Waals surface area contributed by atoms with Crippen LogP contribution >= 0.6 is 0 Å². The number of aliphatic hydroxyl groups is 6. The average molecular weight is 1540 g/mol. The van der Waals surface area contributed by atoms with Gasteiger partial charge in [0.05, 0.1) is 62.4 Å². The maximum Gasteiger partial charge on any atom is 0.321 e. The normalized spacial score (nSPS) is 24.4. The van der Waals surface area contributed by atoms with E-state index in [1.807, 2.05) is 216 Å². The maximum absolute atomic E-state index is 13.5. The molecule has 20 nitrogen and oxygen atoms in total. The summed E-state index contributed by atoms with van der Waals surface area (Å²) in [7, 11) is 4.09. The quantitative estimate of drug-likeness (QED) is 0.0579. The molecule has 0 unspecified atom stereocenters. The first-order valence-electron chi connectivity index (χ1n) is 39.8. The van der Waals surface area contributed by atoms with E-state index in [2.05, 4.69) is 120 Å². The lowest BCUT2D eigenvalue weighted by Gasteiger charge is -2.59. The largest absolute Gasteiger partial charge is 0.490 e. The van der Waals surface area contributed by atoms with E-state index in [0.717, 1.165) is 82.7 Å². The number of carbonyl (C=O) groups is 3. The summed E-state index contributed by atoms with van der Waals surface area (Å²) in [5, 5.41) is 72.5. The van der Waals surface area contributed by atoms with Crippen LogP contribution in [-0.4, -0.2) is 243 Å². The number of carbonyl (C=O) groups excluding carboxylic acids is 3. The monoisotopic (exact) mass is 1540 g/mol. The van der Waals surface area contributed by atoms with Crippen LogP contribution in [0.3, 0.4) is 0 Å². The number of fused-ring (bicyclic) bond motifs is 3. The van der Waals surface area contributed by atoms with Crippen molar-refractivity contribution in [2.24, 2.45) is 0 Å². The molecule has 13 atom stereocenters. The van der Waals surface area contributed by atoms with Crippen LogP contribution in [0, 0.1) is 49.4 Å². The smallest absolute Gasteiger partial charge is 0.321 e. The van der Waals surface area contributed by atoms with Crippen LogP contribution in [-0.2, 0) is 0 Å². The topological polar surface area (TPSA) is 241 Å². The molecule has 7 aliphatic rings. The van der Waals surface area contributed by atoms with Crippen LogP contribution in [0.4, 0.5) is 31.4 Å². The Bertz CT molecular complexity index is 4730. The number of aryl methyl sites for hydroxylation is 2. The lowest BCUT2D eigenvalue weighted by molar-refractivity contribution is -0.105. The van der Waals surface area contributed by atoms with Gasteiger partial charge in [0.1, 0.15) is 5.75 Å². The number of β-amino-alcohol motifs (C(OH)–C–C–N with tert-alkyl or cyclic N) is 3. The van der Waals surface area contributed by atoms with E-state index in [1.54, 1.807) is 14.7 Å². The minimum atomic E-state index is -1.04. The number of benzene rings is 9. The second-order valence-corrected chi connectivity index (χ2v) is 31.6. The Morgan fingerprint density at radius 1 is 0.365 bits per heavy atom. The third kappa shape index (κ3) is 21.1. The van der Waals surface area contributed by atoms with Crippen LogP contribution < -0.4 is 20.7 Å². The van der Waals surface area contributed by atoms with E-state index < -0.39 is 36.6 Å². The standard InChI is InChI=1S/C35H40N4O4.2C30H31N3O3/c1-37(2)20-30-34(26-12-10-25(11-13-26)9-8-24-6-4-3-5-7-24)31-21-38(22-32(40)33(41)23-39(30)31)35(42)36-27-14-16-28(17-15-27)43-29-18-19-29;2*1-21-7-15-25(16-8-21)31-30(36)33-18-27-26(17-32(27)19-28(34)29(35)20-33)24-13-11-23(12-14-24)10-9-22-5-3-2-4-6-22/h3-7,10-17,29-34,40-41H,18-23H2,1-2H3,(H,36,42);2*2-8,11-16,26-29,34-35H,17-20H2,1H3,(H,31,36)/t30-,31+,32+,33-,34+;26-,27+,28+,29-;26-,27+,28-,29+/m111/s1. The predicted molar refractivity (Wildman–Crippen MR) is 449 cm³/mol. The predicted octanol–water partition coefficient (Wildman–Crippen LogP) is 10.5. The number of hydrogen-bond acceptors (Lipinski definition) is 14. The van der Waals surface area contributed by atoms with E-state index in [9.17, 15) is 45.0 Å². The molecule has 1 aliphatic carbocycles. The number of urea groups is 3. The van der Waals surface area contributed by atoms with Crippen LogP contribution in [0.5, 0.6) is 5.75 Å². The summed E-state index contributed by atoms with van der Waals surface area (Å²) < 4.78 is 5.82. The minimum Gasteiger partial charge on any atom is -0.490 e. The fourth-order valence-electron chi connectivity index (χ4n) is 15.9. The van der Waals surface area contributed by atoms with E-state index in [1.165, 1.54) is 16.7 Å². The molecular weight excluding hydrogens is 1440 g/mol. The number of nitrogens with zero attached hydrogens (tertiary/aromatic N) is 7. The second-order valence-electron chi connectivity index (χ2n) is 31.6. The van der Waals surface area contributed by atoms with Gasteiger partial charge in [0.2, 0.25) is 0 Å². The Morgan fingerprint density at radius 2 is 0.678 bits per heavy atom. The highest BCUT2D eigenvalue weighted by atomic mass is 16.5. The van der Waals surface area contributed by atoms with Gasteiger partial charge in [0.15, 0.2) is 0 Å². The van der Waals surface area contributed by atoms with Crippen molar-refractivity contribution in [1.29, 1.82) is 0 Å². The molecule has 1 saturated carbocycles. The zero-order valence-electron chi connectivity index (χ0n) is 65.4. The van der Waals surface area contributed by atoms with E-state index >= 15 is 0 Å². The van der Waals surface area contributed by atoms with Gasteiger partial charge in [-0.2, -0.15) is 0 Å². The van der Waals surface area contributed by atoms with Crippen LogP contribution in [0.1, 0.15) is 91.8 Å². The number of hydrogen-bond donors (Lipinski definition) is 9. The summed E-state index contributed by atoms with van der Waals surface area (Å²) >= 11 is 0. The molecule has 16 rings (SSSR count). The summed E-state index contributed by atoms with van der Waals surface area (Å²) in [5.74, 6) is 20.7. The van der Waals surface area contributed by atoms with Crippen molar-refractivity contribution < 1.29 is 49.8 Å². The van der Waals surface area contributed by atoms with Crippen molar-refractivity contribution in [3.05, 3.63) is 298 Å². The Kier molecular flexibility index (Phi) is 26.2. The highest BCUT2D eigenvalue weighted by Crippen LogP contribution is 2.44. The van der Waals surface area contributed by atoms with Crippen molar-refractivity contribution in [2.75, 3.05) is 109 Å². The van der Waals surface area contributed by atoms with Crippen molar-refractivity contribution in [1.82, 2.24) is 34.3 Å². The molecule has 7 fully saturated rings. The van der Waals surface area contributed by atoms with Gasteiger partial charge in [-0.15, -0.1) is 0 Å². The van der Waals surface area contributed by atoms with Crippen molar-refractivity contribution >= 4 is 35.2 Å². The molecule has 9 aromatic carbocycles. The third-order valence-electron chi connectivity index (χ3n) is 22.7. The number of aliphatic hydroxyl groups excluding tert-OH is 6. The molecule has 6 aliphatic heterocycles. The summed E-state index contributed by atoms with van der Waals surface area (Å²) in [6, 6.07) is 76.8. The van der Waals surface area contributed by atoms with Gasteiger partial charge in [-0.05, 0) is 179 Å². The fraction of sp³-hybridized carbons (Fsp3) is 0.337. The first-order chi connectivity index (χ1) is 55.7. The molecular formula is C95H102N10O10. The van der Waals surface area contributed by atoms with Crippen molar-refractivity contribution in [2.45, 2.75) is 111 Å². The van der Waals surface area contributed by atoms with Gasteiger partial charge in [0.25, 0.3) is 0 Å². The fourth-order valence-corrected chi connectivity index (χ4v) is 15.9. The molecule has 9 N–H and O–H groups in total. The highest BCUT2D eigenvalue weighted by Gasteiger charge is 2.52. The molecule has 0 radical (unpaired) electrons. The lowest BCUT2D eigenvalue weighted by Crippen LogP contribution is -2.71. The molecule has 6 saturated heterocycles. The Balaban J connectivity index is 0.000000143. The first-order valence-corrected chi connectivity index (χ1v) is 39.8. The molecule has 0 aromatic heterocycles. The number of rotatable bonds is 10. The van der Waals surface area contributed by atoms with Gasteiger partial charge in [-0.1, -0.05) is 162 Å². The van der Waals surface area contributed by atoms with Crippen molar-refractivity contribution in [3.63, 3.8) is 0 Å². The van der Waals surface area contributed by atoms with Crippen LogP contribution in [0.25, 0.3) is 0 Å². The van der Waals surface area contributed by atoms with Gasteiger partial charge in [-0.25, -0.2) is 14.4 Å². The van der Waals surface area contributed by atoms with E-state index in [-0.39, 0.29) is 79.6 Å². The number of ether oxygens (including phenoxy) is 1. The first kappa shape index (κ1) is 80.5. The zero-order valence-corrected chi connectivity index (χ0v) is 65.4. The Hall–Kier alpha value is -11.1. The zero-order chi connectivity index (χ0) is 80.1. The van der Waals surface area contributed by atoms with Crippen molar-refractivity contribution in [3.8, 4) is 41.3 Å². The lowest BCUT2D eigenvalue weighted by atomic mass is 9.73. The molecule has 115 heavy (non-hydrogen) atoms. The van der Waals surface area contributed by atoms with Gasteiger partial charge < -0.3 is 70.9 Å². The minimum absolute atomic E-state index is 0.00609. The summed E-state index contributed by atoms with van der Waals surface area (Å²) in [4.78, 5) is 53.3. The number of anilines is 3. The Morgan fingerprint density at radius 3 is 1.03 bits per heavy atom. The molecule has 20 heteroatoms. The van der Waals surface area contributed by atoms with Crippen LogP contribution in [0.2, 0.25) is 0 Å². The summed E-state index contributed by atoms with van der Waals surface area (Å²) in [6.45, 7) is 9.10. The number of likely N-dealkylation sites (N-methyl/N-ethyl adjacent to an activating group) is 1. The molecule has 6 heterocycles. The highest BCUT2D eigenvalue weighted by molar-refractivity contribution is 5.91. The number of amides is 6. The van der Waals surface area contributed by atoms with Gasteiger partial charge in [-0.3, -0.25) is 14.7 Å². The summed E-state index contributed by atoms with van der Waals surface area (Å²) in [5.41, 5.74) is 13.6. The molecule has 0 spiro atoms. The molecule has 592 valence electrons.